The van der Waals surface area contributed by atoms with Gasteiger partial charge in [-0.3, -0.25) is 0 Å². The van der Waals surface area contributed by atoms with E-state index in [2.05, 4.69) is 5.16 Å². The molecule has 0 aliphatic rings. The number of rotatable bonds is 1. The quantitative estimate of drug-likeness (QED) is 0.376. The highest BCUT2D eigenvalue weighted by atomic mass is 19.2. The van der Waals surface area contributed by atoms with E-state index < -0.39 is 11.6 Å². The first-order chi connectivity index (χ1) is 5.24. The standard InChI is InChI=1S/C7H5F2NO/c8-6-2-1-5(4-10-11)3-7(6)9/h1-4,11H. The van der Waals surface area contributed by atoms with Crippen molar-refractivity contribution in [3.05, 3.63) is 35.4 Å². The molecule has 0 atom stereocenters. The molecule has 1 N–H and O–H groups in total. The lowest BCUT2D eigenvalue weighted by Crippen LogP contribution is -1.87. The fourth-order valence-corrected chi connectivity index (χ4v) is 0.659. The lowest BCUT2D eigenvalue weighted by molar-refractivity contribution is 0.322. The molecule has 0 amide bonds. The van der Waals surface area contributed by atoms with Crippen LogP contribution in [0.3, 0.4) is 0 Å². The molecule has 0 fully saturated rings. The van der Waals surface area contributed by atoms with E-state index >= 15 is 0 Å². The van der Waals surface area contributed by atoms with Gasteiger partial charge in [-0.15, -0.1) is 0 Å². The fourth-order valence-electron chi connectivity index (χ4n) is 0.659. The van der Waals surface area contributed by atoms with Gasteiger partial charge in [0.2, 0.25) is 0 Å². The molecule has 1 rings (SSSR count). The Balaban J connectivity index is 3.05. The number of hydrogen-bond acceptors (Lipinski definition) is 2. The van der Waals surface area contributed by atoms with E-state index in [1.165, 1.54) is 6.07 Å². The highest BCUT2D eigenvalue weighted by molar-refractivity contribution is 5.78. The van der Waals surface area contributed by atoms with Crippen LogP contribution < -0.4 is 0 Å². The van der Waals surface area contributed by atoms with Gasteiger partial charge in [-0.2, -0.15) is 0 Å². The largest absolute Gasteiger partial charge is 0.411 e. The number of oxime groups is 1. The lowest BCUT2D eigenvalue weighted by atomic mass is 10.2. The van der Waals surface area contributed by atoms with Crippen LogP contribution in [0.15, 0.2) is 23.4 Å². The van der Waals surface area contributed by atoms with E-state index in [0.717, 1.165) is 18.3 Å². The molecule has 0 spiro atoms. The van der Waals surface area contributed by atoms with Crippen LogP contribution in [0.25, 0.3) is 0 Å². The topological polar surface area (TPSA) is 32.6 Å². The first-order valence-corrected chi connectivity index (χ1v) is 2.86. The minimum absolute atomic E-state index is 0.311. The minimum atomic E-state index is -0.956. The molecule has 58 valence electrons. The Labute approximate surface area is 61.8 Å². The predicted octanol–water partition coefficient (Wildman–Crippen LogP) is 1.77. The molecule has 0 aliphatic carbocycles. The molecule has 0 saturated heterocycles. The molecule has 2 nitrogen and oxygen atoms in total. The lowest BCUT2D eigenvalue weighted by Gasteiger charge is -1.92. The summed E-state index contributed by atoms with van der Waals surface area (Å²) in [7, 11) is 0. The zero-order valence-electron chi connectivity index (χ0n) is 5.46. The van der Waals surface area contributed by atoms with Crippen LogP contribution in [0.2, 0.25) is 0 Å². The van der Waals surface area contributed by atoms with Crippen molar-refractivity contribution >= 4 is 6.21 Å². The second-order valence-corrected chi connectivity index (χ2v) is 1.92. The van der Waals surface area contributed by atoms with E-state index in [4.69, 9.17) is 5.21 Å². The maximum Gasteiger partial charge on any atom is 0.159 e. The van der Waals surface area contributed by atoms with E-state index in [1.54, 1.807) is 0 Å². The molecule has 0 unspecified atom stereocenters. The Morgan fingerprint density at radius 2 is 2.00 bits per heavy atom. The Kier molecular flexibility index (Phi) is 2.15. The van der Waals surface area contributed by atoms with Crippen molar-refractivity contribution in [1.82, 2.24) is 0 Å². The summed E-state index contributed by atoms with van der Waals surface area (Å²) >= 11 is 0. The van der Waals surface area contributed by atoms with Crippen molar-refractivity contribution in [3.8, 4) is 0 Å². The van der Waals surface area contributed by atoms with Crippen molar-refractivity contribution in [3.63, 3.8) is 0 Å². The van der Waals surface area contributed by atoms with Gasteiger partial charge in [0.15, 0.2) is 11.6 Å². The summed E-state index contributed by atoms with van der Waals surface area (Å²) < 4.78 is 24.6. The highest BCUT2D eigenvalue weighted by Crippen LogP contribution is 2.06. The first kappa shape index (κ1) is 7.65. The van der Waals surface area contributed by atoms with Crippen molar-refractivity contribution in [2.75, 3.05) is 0 Å². The van der Waals surface area contributed by atoms with Gasteiger partial charge in [-0.1, -0.05) is 11.2 Å². The normalized spacial score (nSPS) is 10.7. The maximum atomic E-state index is 12.4. The molecule has 11 heavy (non-hydrogen) atoms. The summed E-state index contributed by atoms with van der Waals surface area (Å²) in [4.78, 5) is 0. The molecule has 0 radical (unpaired) electrons. The Hall–Kier alpha value is -1.45. The zero-order valence-corrected chi connectivity index (χ0v) is 5.46. The summed E-state index contributed by atoms with van der Waals surface area (Å²) in [5.41, 5.74) is 0.311. The maximum absolute atomic E-state index is 12.4. The Morgan fingerprint density at radius 3 is 2.55 bits per heavy atom. The van der Waals surface area contributed by atoms with E-state index in [-0.39, 0.29) is 0 Å². The predicted molar refractivity (Wildman–Crippen MR) is 35.7 cm³/mol. The van der Waals surface area contributed by atoms with Crippen molar-refractivity contribution in [2.24, 2.45) is 5.16 Å². The van der Waals surface area contributed by atoms with Crippen molar-refractivity contribution in [1.29, 1.82) is 0 Å². The minimum Gasteiger partial charge on any atom is -0.411 e. The van der Waals surface area contributed by atoms with Crippen LogP contribution in [0.1, 0.15) is 5.56 Å². The highest BCUT2D eigenvalue weighted by Gasteiger charge is 1.99. The second-order valence-electron chi connectivity index (χ2n) is 1.92. The fraction of sp³-hybridized carbons (Fsp3) is 0. The average Bonchev–Trinajstić information content (AvgIpc) is 1.98. The number of halogens is 2. The van der Waals surface area contributed by atoms with Crippen LogP contribution >= 0.6 is 0 Å². The van der Waals surface area contributed by atoms with Gasteiger partial charge in [0, 0.05) is 0 Å². The molecule has 1 aromatic rings. The number of hydrogen-bond donors (Lipinski definition) is 1. The molecular weight excluding hydrogens is 152 g/mol. The van der Waals surface area contributed by atoms with E-state index in [1.807, 2.05) is 0 Å². The number of nitrogens with zero attached hydrogens (tertiary/aromatic N) is 1. The van der Waals surface area contributed by atoms with Gasteiger partial charge in [-0.25, -0.2) is 8.78 Å². The summed E-state index contributed by atoms with van der Waals surface area (Å²) in [5.74, 6) is -1.87. The Morgan fingerprint density at radius 1 is 1.27 bits per heavy atom. The molecule has 4 heteroatoms. The Bertz CT molecular complexity index is 286. The summed E-state index contributed by atoms with van der Waals surface area (Å²) in [6.07, 6.45) is 1.02. The van der Waals surface area contributed by atoms with Gasteiger partial charge in [0.05, 0.1) is 6.21 Å². The van der Waals surface area contributed by atoms with Gasteiger partial charge >= 0.3 is 0 Å². The molecule has 0 bridgehead atoms. The molecule has 0 heterocycles. The van der Waals surface area contributed by atoms with Crippen LogP contribution in [0.5, 0.6) is 0 Å². The molecule has 0 saturated carbocycles. The number of benzene rings is 1. The molecule has 0 aliphatic heterocycles. The monoisotopic (exact) mass is 157 g/mol. The van der Waals surface area contributed by atoms with Crippen molar-refractivity contribution in [2.45, 2.75) is 0 Å². The third-order valence-corrected chi connectivity index (χ3v) is 1.15. The molecule has 0 aromatic heterocycles. The van der Waals surface area contributed by atoms with Gasteiger partial charge in [-0.05, 0) is 17.7 Å². The SMILES string of the molecule is ON=Cc1ccc(F)c(F)c1. The average molecular weight is 157 g/mol. The first-order valence-electron chi connectivity index (χ1n) is 2.86. The third-order valence-electron chi connectivity index (χ3n) is 1.15. The third kappa shape index (κ3) is 1.73. The summed E-state index contributed by atoms with van der Waals surface area (Å²) in [6, 6.07) is 3.21. The summed E-state index contributed by atoms with van der Waals surface area (Å²) in [6.45, 7) is 0. The van der Waals surface area contributed by atoms with Crippen LogP contribution in [-0.2, 0) is 0 Å². The van der Waals surface area contributed by atoms with Crippen LogP contribution in [0, 0.1) is 11.6 Å². The zero-order chi connectivity index (χ0) is 8.27. The van der Waals surface area contributed by atoms with Crippen molar-refractivity contribution < 1.29 is 14.0 Å². The van der Waals surface area contributed by atoms with E-state index in [0.29, 0.717) is 5.56 Å². The van der Waals surface area contributed by atoms with Crippen LogP contribution in [0.4, 0.5) is 8.78 Å². The second kappa shape index (κ2) is 3.09. The molecular formula is C7H5F2NO. The smallest absolute Gasteiger partial charge is 0.159 e. The molecule has 1 aromatic carbocycles. The van der Waals surface area contributed by atoms with Gasteiger partial charge in [0.25, 0.3) is 0 Å². The van der Waals surface area contributed by atoms with Crippen LogP contribution in [-0.4, -0.2) is 11.4 Å². The van der Waals surface area contributed by atoms with Gasteiger partial charge in [0.1, 0.15) is 0 Å². The summed E-state index contributed by atoms with van der Waals surface area (Å²) in [5, 5.41) is 10.7. The van der Waals surface area contributed by atoms with Gasteiger partial charge < -0.3 is 5.21 Å². The van der Waals surface area contributed by atoms with E-state index in [9.17, 15) is 8.78 Å².